The van der Waals surface area contributed by atoms with Gasteiger partial charge in [0.2, 0.25) is 0 Å². The molecule has 0 aromatic carbocycles. The predicted molar refractivity (Wildman–Crippen MR) is 108 cm³/mol. The molecule has 8 nitrogen and oxygen atoms in total. The highest BCUT2D eigenvalue weighted by molar-refractivity contribution is 5.99. The molecule has 150 valence electrons. The van der Waals surface area contributed by atoms with Gasteiger partial charge in [-0.25, -0.2) is 9.97 Å². The molecule has 1 unspecified atom stereocenters. The molecule has 1 aliphatic carbocycles. The maximum Gasteiger partial charge on any atom is 0.269 e. The van der Waals surface area contributed by atoms with E-state index in [-0.39, 0.29) is 23.6 Å². The predicted octanol–water partition coefficient (Wildman–Crippen LogP) is 2.19. The summed E-state index contributed by atoms with van der Waals surface area (Å²) in [5, 5.41) is 6.46. The topological polar surface area (TPSA) is 109 Å². The van der Waals surface area contributed by atoms with E-state index in [1.165, 1.54) is 13.1 Å². The number of methoxy groups -OCH3 is 1. The number of H-pyrrole nitrogens is 1. The molecule has 3 atom stereocenters. The third-order valence-corrected chi connectivity index (χ3v) is 5.27. The fourth-order valence-electron chi connectivity index (χ4n) is 3.45. The number of fused-ring (bicyclic) bond motifs is 1. The molecule has 3 aromatic heterocycles. The Hall–Kier alpha value is -3.26. The van der Waals surface area contributed by atoms with Gasteiger partial charge in [0.1, 0.15) is 17.4 Å². The van der Waals surface area contributed by atoms with Crippen LogP contribution in [-0.4, -0.2) is 47.0 Å². The van der Waals surface area contributed by atoms with Crippen LogP contribution in [0, 0.1) is 5.92 Å². The zero-order valence-corrected chi connectivity index (χ0v) is 16.5. The number of aromatic nitrogens is 3. The van der Waals surface area contributed by atoms with E-state index in [9.17, 15) is 9.59 Å². The van der Waals surface area contributed by atoms with Crippen LogP contribution in [0.3, 0.4) is 0 Å². The maximum atomic E-state index is 12.7. The quantitative estimate of drug-likeness (QED) is 0.595. The van der Waals surface area contributed by atoms with Crippen molar-refractivity contribution in [2.45, 2.75) is 25.5 Å². The molecule has 0 aliphatic heterocycles. The van der Waals surface area contributed by atoms with Crippen LogP contribution in [0.25, 0.3) is 11.0 Å². The minimum absolute atomic E-state index is 0.167. The zero-order valence-electron chi connectivity index (χ0n) is 16.5. The lowest BCUT2D eigenvalue weighted by atomic mass is 10.0. The second-order valence-electron chi connectivity index (χ2n) is 7.29. The van der Waals surface area contributed by atoms with Gasteiger partial charge in [-0.3, -0.25) is 9.59 Å². The summed E-state index contributed by atoms with van der Waals surface area (Å²) in [4.78, 5) is 36.9. The van der Waals surface area contributed by atoms with Gasteiger partial charge in [0.05, 0.1) is 5.69 Å². The van der Waals surface area contributed by atoms with Gasteiger partial charge in [0.25, 0.3) is 11.8 Å². The summed E-state index contributed by atoms with van der Waals surface area (Å²) in [5.74, 6) is -0.106. The van der Waals surface area contributed by atoms with Crippen molar-refractivity contribution in [1.29, 1.82) is 0 Å². The van der Waals surface area contributed by atoms with E-state index in [0.717, 1.165) is 23.0 Å². The minimum Gasteiger partial charge on any atom is -0.370 e. The lowest BCUT2D eigenvalue weighted by molar-refractivity contribution is 0.0948. The Morgan fingerprint density at radius 2 is 2.07 bits per heavy atom. The number of carbonyl (C=O) groups excluding carboxylic acids is 2. The van der Waals surface area contributed by atoms with Gasteiger partial charge in [-0.15, -0.1) is 0 Å². The van der Waals surface area contributed by atoms with Crippen LogP contribution in [0.2, 0.25) is 0 Å². The van der Waals surface area contributed by atoms with E-state index >= 15 is 0 Å². The molecule has 0 bridgehead atoms. The Morgan fingerprint density at radius 3 is 2.76 bits per heavy atom. The first kappa shape index (κ1) is 19.1. The first-order valence-corrected chi connectivity index (χ1v) is 9.51. The Bertz CT molecular complexity index is 1080. The smallest absolute Gasteiger partial charge is 0.269 e. The third-order valence-electron chi connectivity index (χ3n) is 5.27. The molecule has 0 radical (unpaired) electrons. The van der Waals surface area contributed by atoms with E-state index in [0.29, 0.717) is 17.2 Å². The molecule has 0 saturated heterocycles. The van der Waals surface area contributed by atoms with Crippen LogP contribution >= 0.6 is 0 Å². The lowest BCUT2D eigenvalue weighted by Gasteiger charge is -2.18. The number of rotatable bonds is 6. The number of aromatic amines is 1. The summed E-state index contributed by atoms with van der Waals surface area (Å²) in [6, 6.07) is 7.14. The van der Waals surface area contributed by atoms with Crippen LogP contribution < -0.4 is 10.6 Å². The average Bonchev–Trinajstić information content (AvgIpc) is 3.21. The SMILES string of the molecule is CNC(=O)c1cc(C(=O)N[C@H]2C[C@@H]2C)cc(C(OC)c2ccnc3[nH]ccc23)n1. The van der Waals surface area contributed by atoms with E-state index in [1.807, 2.05) is 12.1 Å². The van der Waals surface area contributed by atoms with Crippen molar-refractivity contribution >= 4 is 22.8 Å². The standard InChI is InChI=1S/C21H23N5O3/c1-11-8-15(11)26-20(27)12-9-16(25-17(10-12)21(28)22-2)18(29-3)13-4-6-23-19-14(13)5-7-24-19/h4-7,9-11,15,18H,8H2,1-3H3,(H,22,28)(H,23,24)(H,26,27)/t11-,15-,18?/m0/s1. The first-order valence-electron chi connectivity index (χ1n) is 9.51. The molecular formula is C21H23N5O3. The highest BCUT2D eigenvalue weighted by atomic mass is 16.5. The second-order valence-corrected chi connectivity index (χ2v) is 7.29. The number of hydrogen-bond donors (Lipinski definition) is 3. The fraction of sp³-hybridized carbons (Fsp3) is 0.333. The van der Waals surface area contributed by atoms with Gasteiger partial charge in [-0.05, 0) is 42.2 Å². The van der Waals surface area contributed by atoms with E-state index in [1.54, 1.807) is 25.6 Å². The number of carbonyl (C=O) groups is 2. The van der Waals surface area contributed by atoms with Crippen molar-refractivity contribution in [3.63, 3.8) is 0 Å². The molecule has 29 heavy (non-hydrogen) atoms. The molecular weight excluding hydrogens is 370 g/mol. The Kier molecular flexibility index (Phi) is 5.02. The average molecular weight is 393 g/mol. The van der Waals surface area contributed by atoms with Crippen molar-refractivity contribution in [1.82, 2.24) is 25.6 Å². The Morgan fingerprint density at radius 1 is 1.28 bits per heavy atom. The van der Waals surface area contributed by atoms with Gasteiger partial charge in [0.15, 0.2) is 0 Å². The lowest BCUT2D eigenvalue weighted by Crippen LogP contribution is -2.28. The largest absolute Gasteiger partial charge is 0.370 e. The number of nitrogens with one attached hydrogen (secondary N) is 3. The molecule has 4 rings (SSSR count). The van der Waals surface area contributed by atoms with Crippen LogP contribution in [0.1, 0.15) is 51.6 Å². The highest BCUT2D eigenvalue weighted by Gasteiger charge is 2.34. The monoisotopic (exact) mass is 393 g/mol. The molecule has 1 aliphatic rings. The van der Waals surface area contributed by atoms with Gasteiger partial charge in [-0.1, -0.05) is 6.92 Å². The summed E-state index contributed by atoms with van der Waals surface area (Å²) in [7, 11) is 3.10. The highest BCUT2D eigenvalue weighted by Crippen LogP contribution is 2.31. The number of ether oxygens (including phenoxy) is 1. The van der Waals surface area contributed by atoms with Gasteiger partial charge in [-0.2, -0.15) is 0 Å². The van der Waals surface area contributed by atoms with Crippen molar-refractivity contribution in [2.75, 3.05) is 14.2 Å². The summed E-state index contributed by atoms with van der Waals surface area (Å²) in [6.07, 6.45) is 3.89. The van der Waals surface area contributed by atoms with E-state index in [2.05, 4.69) is 32.5 Å². The molecule has 3 aromatic rings. The molecule has 2 amide bonds. The van der Waals surface area contributed by atoms with Gasteiger partial charge < -0.3 is 20.4 Å². The summed E-state index contributed by atoms with van der Waals surface area (Å²) in [5.41, 5.74) is 2.61. The van der Waals surface area contributed by atoms with Crippen molar-refractivity contribution in [3.05, 3.63) is 59.2 Å². The van der Waals surface area contributed by atoms with Crippen LogP contribution in [0.5, 0.6) is 0 Å². The number of nitrogens with zero attached hydrogens (tertiary/aromatic N) is 2. The van der Waals surface area contributed by atoms with Crippen LogP contribution in [-0.2, 0) is 4.74 Å². The zero-order chi connectivity index (χ0) is 20.5. The van der Waals surface area contributed by atoms with Crippen molar-refractivity contribution in [3.8, 4) is 0 Å². The third kappa shape index (κ3) is 3.71. The van der Waals surface area contributed by atoms with Crippen LogP contribution in [0.4, 0.5) is 0 Å². The van der Waals surface area contributed by atoms with E-state index in [4.69, 9.17) is 4.74 Å². The van der Waals surface area contributed by atoms with Gasteiger partial charge in [0, 0.05) is 43.5 Å². The van der Waals surface area contributed by atoms with Crippen molar-refractivity contribution in [2.24, 2.45) is 5.92 Å². The second kappa shape index (κ2) is 7.63. The minimum atomic E-state index is -0.563. The van der Waals surface area contributed by atoms with Crippen LogP contribution in [0.15, 0.2) is 36.7 Å². The maximum absolute atomic E-state index is 12.7. The number of amides is 2. The molecule has 1 saturated carbocycles. The molecule has 1 fully saturated rings. The number of pyridine rings is 2. The summed E-state index contributed by atoms with van der Waals surface area (Å²) >= 11 is 0. The fourth-order valence-corrected chi connectivity index (χ4v) is 3.45. The molecule has 8 heteroatoms. The van der Waals surface area contributed by atoms with Gasteiger partial charge >= 0.3 is 0 Å². The normalized spacial score (nSPS) is 19.0. The van der Waals surface area contributed by atoms with E-state index < -0.39 is 6.10 Å². The molecule has 0 spiro atoms. The summed E-state index contributed by atoms with van der Waals surface area (Å²) < 4.78 is 5.75. The van der Waals surface area contributed by atoms with Crippen molar-refractivity contribution < 1.29 is 14.3 Å². The Labute approximate surface area is 168 Å². The molecule has 3 N–H and O–H groups in total. The number of hydrogen-bond acceptors (Lipinski definition) is 5. The Balaban J connectivity index is 1.78. The summed E-state index contributed by atoms with van der Waals surface area (Å²) in [6.45, 7) is 2.09. The molecule has 3 heterocycles. The first-order chi connectivity index (χ1) is 14.0.